The Morgan fingerprint density at radius 1 is 0.957 bits per heavy atom. The first kappa shape index (κ1) is 18.8. The maximum absolute atomic E-state index is 12.6. The van der Waals surface area contributed by atoms with Crippen LogP contribution in [0.4, 0.5) is 0 Å². The summed E-state index contributed by atoms with van der Waals surface area (Å²) in [6, 6.07) is 9.10. The van der Waals surface area contributed by atoms with E-state index in [0.29, 0.717) is 11.4 Å². The third-order valence-corrected chi connectivity index (χ3v) is 6.15. The van der Waals surface area contributed by atoms with Crippen LogP contribution in [0, 0.1) is 0 Å². The zero-order chi connectivity index (χ0) is 17.2. The summed E-state index contributed by atoms with van der Waals surface area (Å²) in [5, 5.41) is 0.910. The minimum absolute atomic E-state index is 0.0119. The lowest BCUT2D eigenvalue weighted by molar-refractivity contribution is 0.550. The molecule has 1 atom stereocenters. The maximum Gasteiger partial charge on any atom is 0.242 e. The van der Waals surface area contributed by atoms with Crippen LogP contribution >= 0.6 is 46.4 Å². The molecule has 0 bridgehead atoms. The van der Waals surface area contributed by atoms with Gasteiger partial charge in [-0.25, -0.2) is 13.1 Å². The first-order chi connectivity index (χ1) is 10.7. The molecule has 8 heteroatoms. The molecule has 3 nitrogen and oxygen atoms in total. The van der Waals surface area contributed by atoms with Crippen molar-refractivity contribution in [2.75, 3.05) is 0 Å². The molecule has 0 saturated carbocycles. The Balaban J connectivity index is 2.36. The minimum Gasteiger partial charge on any atom is -0.207 e. The van der Waals surface area contributed by atoms with Crippen LogP contribution in [-0.2, 0) is 10.0 Å². The number of sulfonamides is 1. The fraction of sp³-hybridized carbons (Fsp3) is 0.200. The molecule has 2 aromatic carbocycles. The van der Waals surface area contributed by atoms with Crippen LogP contribution in [0.3, 0.4) is 0 Å². The lowest BCUT2D eigenvalue weighted by Crippen LogP contribution is -2.28. The first-order valence-corrected chi connectivity index (χ1v) is 9.66. The van der Waals surface area contributed by atoms with E-state index in [1.165, 1.54) is 12.1 Å². The molecule has 0 fully saturated rings. The predicted molar refractivity (Wildman–Crippen MR) is 96.3 cm³/mol. The van der Waals surface area contributed by atoms with Gasteiger partial charge in [0, 0.05) is 11.1 Å². The Kier molecular flexibility index (Phi) is 6.22. The van der Waals surface area contributed by atoms with Gasteiger partial charge in [-0.15, -0.1) is 0 Å². The molecular formula is C15H13Cl4NO2S. The summed E-state index contributed by atoms with van der Waals surface area (Å²) < 4.78 is 27.8. The molecule has 0 aromatic heterocycles. The molecule has 0 aliphatic carbocycles. The van der Waals surface area contributed by atoms with Gasteiger partial charge in [0.2, 0.25) is 10.0 Å². The summed E-state index contributed by atoms with van der Waals surface area (Å²) in [5.74, 6) is 0. The quantitative estimate of drug-likeness (QED) is 0.637. The fourth-order valence-electron chi connectivity index (χ4n) is 2.04. The molecule has 0 radical (unpaired) electrons. The van der Waals surface area contributed by atoms with Gasteiger partial charge in [-0.1, -0.05) is 65.5 Å². The van der Waals surface area contributed by atoms with E-state index in [0.717, 1.165) is 5.56 Å². The zero-order valence-corrected chi connectivity index (χ0v) is 15.8. The van der Waals surface area contributed by atoms with Crippen LogP contribution in [0.25, 0.3) is 0 Å². The summed E-state index contributed by atoms with van der Waals surface area (Å²) >= 11 is 23.6. The average Bonchev–Trinajstić information content (AvgIpc) is 2.49. The van der Waals surface area contributed by atoms with Gasteiger partial charge in [-0.3, -0.25) is 0 Å². The third-order valence-electron chi connectivity index (χ3n) is 3.24. The second-order valence-corrected chi connectivity index (χ2v) is 8.17. The molecular weight excluding hydrogens is 400 g/mol. The SMILES string of the molecule is CCC(NS(=O)(=O)c1cc(Cl)c(Cl)cc1Cl)c1ccc(Cl)cc1. The topological polar surface area (TPSA) is 46.2 Å². The van der Waals surface area contributed by atoms with Crippen molar-refractivity contribution in [2.24, 2.45) is 0 Å². The van der Waals surface area contributed by atoms with Gasteiger partial charge in [-0.2, -0.15) is 0 Å². The lowest BCUT2D eigenvalue weighted by atomic mass is 10.1. The molecule has 1 unspecified atom stereocenters. The van der Waals surface area contributed by atoms with Crippen LogP contribution in [0.1, 0.15) is 24.9 Å². The number of hydrogen-bond acceptors (Lipinski definition) is 2. The van der Waals surface area contributed by atoms with Crippen molar-refractivity contribution >= 4 is 56.4 Å². The lowest BCUT2D eigenvalue weighted by Gasteiger charge is -2.18. The van der Waals surface area contributed by atoms with Crippen molar-refractivity contribution in [1.29, 1.82) is 0 Å². The Bertz CT molecular complexity index is 807. The summed E-state index contributed by atoms with van der Waals surface area (Å²) in [4.78, 5) is -0.110. The molecule has 1 N–H and O–H groups in total. The van der Waals surface area contributed by atoms with Gasteiger partial charge in [-0.05, 0) is 36.2 Å². The van der Waals surface area contributed by atoms with Crippen LogP contribution < -0.4 is 4.72 Å². The van der Waals surface area contributed by atoms with E-state index in [-0.39, 0.29) is 20.0 Å². The molecule has 0 spiro atoms. The highest BCUT2D eigenvalue weighted by Crippen LogP contribution is 2.32. The monoisotopic (exact) mass is 411 g/mol. The number of hydrogen-bond donors (Lipinski definition) is 1. The minimum atomic E-state index is -3.86. The van der Waals surface area contributed by atoms with E-state index in [2.05, 4.69) is 4.72 Å². The molecule has 0 aliphatic heterocycles. The van der Waals surface area contributed by atoms with E-state index in [1.54, 1.807) is 24.3 Å². The van der Waals surface area contributed by atoms with E-state index in [9.17, 15) is 8.42 Å². The summed E-state index contributed by atoms with van der Waals surface area (Å²) in [6.07, 6.45) is 0.555. The van der Waals surface area contributed by atoms with E-state index in [4.69, 9.17) is 46.4 Å². The molecule has 0 saturated heterocycles. The van der Waals surface area contributed by atoms with Crippen LogP contribution in [0.5, 0.6) is 0 Å². The highest BCUT2D eigenvalue weighted by Gasteiger charge is 2.24. The van der Waals surface area contributed by atoms with E-state index in [1.807, 2.05) is 6.92 Å². The summed E-state index contributed by atoms with van der Waals surface area (Å²) in [5.41, 5.74) is 0.802. The molecule has 23 heavy (non-hydrogen) atoms. The van der Waals surface area contributed by atoms with Crippen LogP contribution in [-0.4, -0.2) is 8.42 Å². The van der Waals surface area contributed by atoms with Crippen molar-refractivity contribution in [3.05, 3.63) is 62.1 Å². The second-order valence-electron chi connectivity index (χ2n) is 4.83. The van der Waals surface area contributed by atoms with Gasteiger partial charge < -0.3 is 0 Å². The second kappa shape index (κ2) is 7.60. The number of benzene rings is 2. The van der Waals surface area contributed by atoms with Crippen molar-refractivity contribution in [3.63, 3.8) is 0 Å². The van der Waals surface area contributed by atoms with Crippen molar-refractivity contribution < 1.29 is 8.42 Å². The number of nitrogens with one attached hydrogen (secondary N) is 1. The molecule has 0 amide bonds. The van der Waals surface area contributed by atoms with Crippen molar-refractivity contribution in [3.8, 4) is 0 Å². The third kappa shape index (κ3) is 4.53. The van der Waals surface area contributed by atoms with Crippen molar-refractivity contribution in [2.45, 2.75) is 24.3 Å². The van der Waals surface area contributed by atoms with Gasteiger partial charge in [0.05, 0.1) is 15.1 Å². The summed E-state index contributed by atoms with van der Waals surface area (Å²) in [6.45, 7) is 1.87. The molecule has 2 aromatic rings. The fourth-order valence-corrected chi connectivity index (χ4v) is 4.48. The van der Waals surface area contributed by atoms with Gasteiger partial charge in [0.1, 0.15) is 4.90 Å². The van der Waals surface area contributed by atoms with Crippen molar-refractivity contribution in [1.82, 2.24) is 4.72 Å². The molecule has 0 heterocycles. The highest BCUT2D eigenvalue weighted by molar-refractivity contribution is 7.89. The van der Waals surface area contributed by atoms with Gasteiger partial charge in [0.15, 0.2) is 0 Å². The Labute approximate surface area is 155 Å². The Morgan fingerprint density at radius 2 is 1.52 bits per heavy atom. The molecule has 2 rings (SSSR count). The van der Waals surface area contributed by atoms with E-state index >= 15 is 0 Å². The number of rotatable bonds is 5. The molecule has 0 aliphatic rings. The zero-order valence-electron chi connectivity index (χ0n) is 12.0. The standard InChI is InChI=1S/C15H13Cl4NO2S/c1-2-14(9-3-5-10(16)6-4-9)20-23(21,22)15-8-12(18)11(17)7-13(15)19/h3-8,14,20H,2H2,1H3. The Hall–Kier alpha value is -0.490. The largest absolute Gasteiger partial charge is 0.242 e. The van der Waals surface area contributed by atoms with Crippen LogP contribution in [0.2, 0.25) is 20.1 Å². The highest BCUT2D eigenvalue weighted by atomic mass is 35.5. The van der Waals surface area contributed by atoms with Gasteiger partial charge >= 0.3 is 0 Å². The number of halogens is 4. The smallest absolute Gasteiger partial charge is 0.207 e. The molecule has 124 valence electrons. The van der Waals surface area contributed by atoms with E-state index < -0.39 is 16.1 Å². The van der Waals surface area contributed by atoms with Crippen LogP contribution in [0.15, 0.2) is 41.3 Å². The Morgan fingerprint density at radius 3 is 2.09 bits per heavy atom. The predicted octanol–water partition coefficient (Wildman–Crippen LogP) is 5.73. The first-order valence-electron chi connectivity index (χ1n) is 6.67. The summed E-state index contributed by atoms with van der Waals surface area (Å²) in [7, 11) is -3.86. The van der Waals surface area contributed by atoms with Gasteiger partial charge in [0.25, 0.3) is 0 Å². The maximum atomic E-state index is 12.6. The average molecular weight is 413 g/mol. The normalized spacial score (nSPS) is 13.1.